The van der Waals surface area contributed by atoms with Crippen molar-refractivity contribution in [3.8, 4) is 5.75 Å². The van der Waals surface area contributed by atoms with Crippen LogP contribution in [0.5, 0.6) is 5.75 Å². The van der Waals surface area contributed by atoms with Crippen LogP contribution in [0.25, 0.3) is 0 Å². The van der Waals surface area contributed by atoms with E-state index in [0.717, 1.165) is 18.4 Å². The molecule has 2 aliphatic rings. The standard InChI is InChI=1S/C21H22N2O3/c24-18-14-21(26-19-7-2-1-6-17(18)19)8-4-11-23(12-9-21)20(25)13-16-5-3-10-22-15-16/h1-3,5-7,10,15H,4,8-9,11-14H2. The van der Waals surface area contributed by atoms with Gasteiger partial charge in [0.15, 0.2) is 5.78 Å². The average molecular weight is 350 g/mol. The first-order chi connectivity index (χ1) is 12.7. The van der Waals surface area contributed by atoms with Gasteiger partial charge >= 0.3 is 0 Å². The molecule has 3 heterocycles. The van der Waals surface area contributed by atoms with Crippen LogP contribution < -0.4 is 4.74 Å². The first-order valence-corrected chi connectivity index (χ1v) is 9.13. The zero-order chi connectivity index (χ0) is 18.0. The molecule has 1 spiro atoms. The summed E-state index contributed by atoms with van der Waals surface area (Å²) in [5.41, 5.74) is 1.12. The third kappa shape index (κ3) is 3.34. The van der Waals surface area contributed by atoms with Gasteiger partial charge in [-0.05, 0) is 36.6 Å². The summed E-state index contributed by atoms with van der Waals surface area (Å²) >= 11 is 0. The van der Waals surface area contributed by atoms with E-state index < -0.39 is 5.60 Å². The highest BCUT2D eigenvalue weighted by Gasteiger charge is 2.41. The zero-order valence-electron chi connectivity index (χ0n) is 14.7. The van der Waals surface area contributed by atoms with Crippen molar-refractivity contribution in [2.75, 3.05) is 13.1 Å². The maximum Gasteiger partial charge on any atom is 0.227 e. The van der Waals surface area contributed by atoms with Crippen LogP contribution in [0.1, 0.15) is 41.6 Å². The van der Waals surface area contributed by atoms with E-state index in [0.29, 0.717) is 43.7 Å². The lowest BCUT2D eigenvalue weighted by Gasteiger charge is -2.37. The number of carbonyl (C=O) groups excluding carboxylic acids is 2. The number of para-hydroxylation sites is 1. The van der Waals surface area contributed by atoms with Crippen LogP contribution in [0.15, 0.2) is 48.8 Å². The van der Waals surface area contributed by atoms with Gasteiger partial charge in [-0.2, -0.15) is 0 Å². The fourth-order valence-electron chi connectivity index (χ4n) is 3.93. The van der Waals surface area contributed by atoms with Crippen LogP contribution in [0.4, 0.5) is 0 Å². The predicted octanol–water partition coefficient (Wildman–Crippen LogP) is 3.04. The Morgan fingerprint density at radius 1 is 1.15 bits per heavy atom. The number of benzene rings is 1. The Morgan fingerprint density at radius 2 is 2.04 bits per heavy atom. The van der Waals surface area contributed by atoms with Gasteiger partial charge in [0.2, 0.25) is 5.91 Å². The summed E-state index contributed by atoms with van der Waals surface area (Å²) in [6, 6.07) is 11.2. The molecular weight excluding hydrogens is 328 g/mol. The van der Waals surface area contributed by atoms with E-state index in [-0.39, 0.29) is 11.7 Å². The minimum Gasteiger partial charge on any atom is -0.486 e. The molecule has 0 bridgehead atoms. The van der Waals surface area contributed by atoms with Gasteiger partial charge in [-0.15, -0.1) is 0 Å². The molecule has 4 rings (SSSR count). The number of carbonyl (C=O) groups is 2. The molecule has 1 aromatic carbocycles. The van der Waals surface area contributed by atoms with Gasteiger partial charge in [0, 0.05) is 31.9 Å². The Labute approximate surface area is 153 Å². The number of pyridine rings is 1. The van der Waals surface area contributed by atoms with Crippen molar-refractivity contribution in [3.63, 3.8) is 0 Å². The fourth-order valence-corrected chi connectivity index (χ4v) is 3.93. The summed E-state index contributed by atoms with van der Waals surface area (Å²) in [4.78, 5) is 31.2. The minimum absolute atomic E-state index is 0.109. The second-order valence-corrected chi connectivity index (χ2v) is 7.15. The third-order valence-corrected chi connectivity index (χ3v) is 5.33. The normalized spacial score (nSPS) is 22.5. The molecule has 1 amide bonds. The first-order valence-electron chi connectivity index (χ1n) is 9.13. The van der Waals surface area contributed by atoms with Gasteiger partial charge < -0.3 is 9.64 Å². The SMILES string of the molecule is O=C1CC2(CCCN(C(=O)Cc3cccnc3)CC2)Oc2ccccc21. The number of Topliss-reactive ketones (excluding diaryl/α,β-unsaturated/α-hetero) is 1. The van der Waals surface area contributed by atoms with E-state index in [2.05, 4.69) is 4.98 Å². The van der Waals surface area contributed by atoms with Crippen LogP contribution in [-0.4, -0.2) is 40.3 Å². The van der Waals surface area contributed by atoms with Crippen molar-refractivity contribution in [3.05, 3.63) is 59.9 Å². The van der Waals surface area contributed by atoms with Crippen LogP contribution in [0.2, 0.25) is 0 Å². The first kappa shape index (κ1) is 16.8. The maximum atomic E-state index is 12.6. The number of likely N-dealkylation sites (tertiary alicyclic amines) is 1. The van der Waals surface area contributed by atoms with Crippen molar-refractivity contribution in [1.29, 1.82) is 0 Å². The number of aromatic nitrogens is 1. The Balaban J connectivity index is 1.45. The average Bonchev–Trinajstić information content (AvgIpc) is 2.85. The molecule has 0 N–H and O–H groups in total. The summed E-state index contributed by atoms with van der Waals surface area (Å²) < 4.78 is 6.29. The third-order valence-electron chi connectivity index (χ3n) is 5.33. The van der Waals surface area contributed by atoms with Crippen molar-refractivity contribution in [1.82, 2.24) is 9.88 Å². The number of rotatable bonds is 2. The second kappa shape index (κ2) is 6.90. The highest BCUT2D eigenvalue weighted by atomic mass is 16.5. The molecule has 5 heteroatoms. The number of nitrogens with zero attached hydrogens (tertiary/aromatic N) is 2. The monoisotopic (exact) mass is 350 g/mol. The van der Waals surface area contributed by atoms with Gasteiger partial charge in [0.1, 0.15) is 11.4 Å². The summed E-state index contributed by atoms with van der Waals surface area (Å²) in [7, 11) is 0. The molecule has 2 aliphatic heterocycles. The Kier molecular flexibility index (Phi) is 4.45. The molecule has 26 heavy (non-hydrogen) atoms. The zero-order valence-corrected chi connectivity index (χ0v) is 14.7. The van der Waals surface area contributed by atoms with Crippen LogP contribution >= 0.6 is 0 Å². The van der Waals surface area contributed by atoms with E-state index >= 15 is 0 Å². The van der Waals surface area contributed by atoms with Crippen LogP contribution in [0.3, 0.4) is 0 Å². The summed E-state index contributed by atoms with van der Waals surface area (Å²) in [6.07, 6.45) is 6.53. The van der Waals surface area contributed by atoms with Crippen LogP contribution in [0, 0.1) is 0 Å². The van der Waals surface area contributed by atoms with Gasteiger partial charge in [0.05, 0.1) is 18.4 Å². The van der Waals surface area contributed by atoms with E-state index in [1.807, 2.05) is 41.3 Å². The Hall–Kier alpha value is -2.69. The molecule has 1 fully saturated rings. The number of amides is 1. The summed E-state index contributed by atoms with van der Waals surface area (Å²) in [6.45, 7) is 1.33. The van der Waals surface area contributed by atoms with Crippen molar-refractivity contribution < 1.29 is 14.3 Å². The number of hydrogen-bond donors (Lipinski definition) is 0. The lowest BCUT2D eigenvalue weighted by molar-refractivity contribution is -0.130. The predicted molar refractivity (Wildman–Crippen MR) is 97.1 cm³/mol. The van der Waals surface area contributed by atoms with Crippen LogP contribution in [-0.2, 0) is 11.2 Å². The highest BCUT2D eigenvalue weighted by molar-refractivity contribution is 6.00. The van der Waals surface area contributed by atoms with Gasteiger partial charge in [-0.1, -0.05) is 18.2 Å². The van der Waals surface area contributed by atoms with E-state index in [1.54, 1.807) is 12.4 Å². The Bertz CT molecular complexity index is 821. The molecule has 0 aliphatic carbocycles. The van der Waals surface area contributed by atoms with Gasteiger partial charge in [-0.3, -0.25) is 14.6 Å². The van der Waals surface area contributed by atoms with Crippen molar-refractivity contribution in [2.45, 2.75) is 37.7 Å². The topological polar surface area (TPSA) is 59.5 Å². The van der Waals surface area contributed by atoms with Gasteiger partial charge in [0.25, 0.3) is 0 Å². The lowest BCUT2D eigenvalue weighted by Crippen LogP contribution is -2.43. The minimum atomic E-state index is -0.477. The fraction of sp³-hybridized carbons (Fsp3) is 0.381. The molecule has 134 valence electrons. The van der Waals surface area contributed by atoms with E-state index in [1.165, 1.54) is 0 Å². The second-order valence-electron chi connectivity index (χ2n) is 7.15. The maximum absolute atomic E-state index is 12.6. The van der Waals surface area contributed by atoms with E-state index in [9.17, 15) is 9.59 Å². The number of ether oxygens (including phenoxy) is 1. The quantitative estimate of drug-likeness (QED) is 0.835. The molecule has 1 atom stereocenters. The molecule has 0 saturated carbocycles. The molecule has 5 nitrogen and oxygen atoms in total. The number of hydrogen-bond acceptors (Lipinski definition) is 4. The largest absolute Gasteiger partial charge is 0.486 e. The molecular formula is C21H22N2O3. The van der Waals surface area contributed by atoms with Crippen molar-refractivity contribution in [2.24, 2.45) is 0 Å². The Morgan fingerprint density at radius 3 is 2.88 bits per heavy atom. The molecule has 1 unspecified atom stereocenters. The molecule has 1 aromatic heterocycles. The smallest absolute Gasteiger partial charge is 0.227 e. The summed E-state index contributed by atoms with van der Waals surface area (Å²) in [5, 5.41) is 0. The molecule has 1 saturated heterocycles. The highest BCUT2D eigenvalue weighted by Crippen LogP contribution is 2.39. The van der Waals surface area contributed by atoms with E-state index in [4.69, 9.17) is 4.74 Å². The van der Waals surface area contributed by atoms with Crippen molar-refractivity contribution >= 4 is 11.7 Å². The number of fused-ring (bicyclic) bond motifs is 1. The van der Waals surface area contributed by atoms with Gasteiger partial charge in [-0.25, -0.2) is 0 Å². The summed E-state index contributed by atoms with van der Waals surface area (Å²) in [5.74, 6) is 0.929. The molecule has 0 radical (unpaired) electrons. The lowest BCUT2D eigenvalue weighted by atomic mass is 9.84. The molecule has 2 aromatic rings. The number of ketones is 1.